The Morgan fingerprint density at radius 1 is 1.06 bits per heavy atom. The molecule has 0 saturated carbocycles. The van der Waals surface area contributed by atoms with Crippen molar-refractivity contribution < 1.29 is 13.2 Å². The average Bonchev–Trinajstić information content (AvgIpc) is 2.71. The van der Waals surface area contributed by atoms with Gasteiger partial charge >= 0.3 is 0 Å². The Balaban J connectivity index is 2.07. The highest BCUT2D eigenvalue weighted by Crippen LogP contribution is 2.37. The zero-order valence-corrected chi connectivity index (χ0v) is 19.6. The van der Waals surface area contributed by atoms with Crippen LogP contribution in [0.2, 0.25) is 0 Å². The fourth-order valence-corrected chi connectivity index (χ4v) is 3.84. The maximum absolute atomic E-state index is 12.4. The number of benzene rings is 2. The first kappa shape index (κ1) is 23.3. The first-order valence-electron chi connectivity index (χ1n) is 10.0. The number of anilines is 1. The van der Waals surface area contributed by atoms with E-state index in [1.54, 1.807) is 31.5 Å². The van der Waals surface area contributed by atoms with Gasteiger partial charge in [-0.2, -0.15) is 9.78 Å². The summed E-state index contributed by atoms with van der Waals surface area (Å²) in [6.45, 7) is 6.24. The number of nitrogens with zero attached hydrogens (tertiary/aromatic N) is 2. The van der Waals surface area contributed by atoms with Crippen molar-refractivity contribution in [3.63, 3.8) is 0 Å². The maximum Gasteiger partial charge on any atom is 0.271 e. The second-order valence-electron chi connectivity index (χ2n) is 8.47. The lowest BCUT2D eigenvalue weighted by molar-refractivity contribution is 0.396. The SMILES string of the molecule is COc1c(C=Cc2ccc(NS(C)(=O)=O)cc2)cc(-n2ncccc2=O)cc1C(C)(C)C. The molecule has 0 saturated heterocycles. The van der Waals surface area contributed by atoms with E-state index in [1.807, 2.05) is 36.4 Å². The number of hydrogen-bond acceptors (Lipinski definition) is 5. The van der Waals surface area contributed by atoms with Crippen LogP contribution in [0.3, 0.4) is 0 Å². The second kappa shape index (κ2) is 9.00. The van der Waals surface area contributed by atoms with Crippen LogP contribution >= 0.6 is 0 Å². The smallest absolute Gasteiger partial charge is 0.271 e. The molecular weight excluding hydrogens is 426 g/mol. The summed E-state index contributed by atoms with van der Waals surface area (Å²) in [7, 11) is -1.70. The summed E-state index contributed by atoms with van der Waals surface area (Å²) in [5.41, 5.74) is 3.31. The summed E-state index contributed by atoms with van der Waals surface area (Å²) in [5, 5.41) is 4.21. The van der Waals surface area contributed by atoms with Crippen LogP contribution in [0.25, 0.3) is 17.8 Å². The fourth-order valence-electron chi connectivity index (χ4n) is 3.28. The minimum Gasteiger partial charge on any atom is -0.496 e. The van der Waals surface area contributed by atoms with E-state index >= 15 is 0 Å². The molecule has 8 heteroatoms. The van der Waals surface area contributed by atoms with Crippen molar-refractivity contribution in [2.45, 2.75) is 26.2 Å². The molecule has 3 aromatic rings. The Morgan fingerprint density at radius 2 is 1.75 bits per heavy atom. The number of hydrogen-bond donors (Lipinski definition) is 1. The summed E-state index contributed by atoms with van der Waals surface area (Å²) in [6, 6.07) is 13.9. The van der Waals surface area contributed by atoms with Crippen LogP contribution < -0.4 is 15.0 Å². The maximum atomic E-state index is 12.4. The van der Waals surface area contributed by atoms with Crippen molar-refractivity contribution in [1.29, 1.82) is 0 Å². The number of methoxy groups -OCH3 is 1. The van der Waals surface area contributed by atoms with Crippen molar-refractivity contribution >= 4 is 27.9 Å². The van der Waals surface area contributed by atoms with Crippen LogP contribution in [0.4, 0.5) is 5.69 Å². The molecule has 168 valence electrons. The lowest BCUT2D eigenvalue weighted by Gasteiger charge is -2.24. The molecule has 1 aromatic heterocycles. The van der Waals surface area contributed by atoms with Gasteiger partial charge in [0.25, 0.3) is 5.56 Å². The van der Waals surface area contributed by atoms with Gasteiger partial charge in [0.1, 0.15) is 5.75 Å². The van der Waals surface area contributed by atoms with Gasteiger partial charge in [0.05, 0.1) is 19.1 Å². The number of aromatic nitrogens is 2. The first-order valence-corrected chi connectivity index (χ1v) is 11.9. The van der Waals surface area contributed by atoms with Crippen LogP contribution in [-0.2, 0) is 15.4 Å². The Hall–Kier alpha value is -3.39. The van der Waals surface area contributed by atoms with Crippen molar-refractivity contribution in [2.75, 3.05) is 18.1 Å². The average molecular weight is 454 g/mol. The second-order valence-corrected chi connectivity index (χ2v) is 10.2. The van der Waals surface area contributed by atoms with Crippen molar-refractivity contribution in [1.82, 2.24) is 9.78 Å². The van der Waals surface area contributed by atoms with E-state index < -0.39 is 10.0 Å². The Morgan fingerprint density at radius 3 is 2.31 bits per heavy atom. The van der Waals surface area contributed by atoms with Crippen LogP contribution in [0.1, 0.15) is 37.5 Å². The largest absolute Gasteiger partial charge is 0.496 e. The molecule has 0 fully saturated rings. The van der Waals surface area contributed by atoms with E-state index in [1.165, 1.54) is 10.7 Å². The van der Waals surface area contributed by atoms with E-state index in [0.717, 1.165) is 28.7 Å². The van der Waals surface area contributed by atoms with E-state index in [0.29, 0.717) is 11.4 Å². The molecule has 1 heterocycles. The monoisotopic (exact) mass is 453 g/mol. The molecule has 0 bridgehead atoms. The molecule has 32 heavy (non-hydrogen) atoms. The van der Waals surface area contributed by atoms with Gasteiger partial charge in [0.2, 0.25) is 10.0 Å². The third-order valence-electron chi connectivity index (χ3n) is 4.74. The van der Waals surface area contributed by atoms with E-state index in [4.69, 9.17) is 4.74 Å². The van der Waals surface area contributed by atoms with Gasteiger partial charge < -0.3 is 4.74 Å². The third-order valence-corrected chi connectivity index (χ3v) is 5.35. The molecular formula is C24H27N3O4S. The van der Waals surface area contributed by atoms with Crippen molar-refractivity contribution in [2.24, 2.45) is 0 Å². The van der Waals surface area contributed by atoms with Crippen molar-refractivity contribution in [3.8, 4) is 11.4 Å². The van der Waals surface area contributed by atoms with Gasteiger partial charge in [-0.25, -0.2) is 8.42 Å². The summed E-state index contributed by atoms with van der Waals surface area (Å²) >= 11 is 0. The number of nitrogens with one attached hydrogen (secondary N) is 1. The van der Waals surface area contributed by atoms with Crippen molar-refractivity contribution in [3.05, 3.63) is 81.8 Å². The Kier molecular flexibility index (Phi) is 6.55. The highest BCUT2D eigenvalue weighted by Gasteiger charge is 2.22. The normalized spacial score (nSPS) is 12.2. The predicted molar refractivity (Wildman–Crippen MR) is 129 cm³/mol. The lowest BCUT2D eigenvalue weighted by Crippen LogP contribution is -2.21. The Labute approximate surface area is 188 Å². The number of sulfonamides is 1. The molecule has 2 aromatic carbocycles. The topological polar surface area (TPSA) is 90.3 Å². The quantitative estimate of drug-likeness (QED) is 0.568. The van der Waals surface area contributed by atoms with Gasteiger partial charge in [-0.05, 0) is 41.3 Å². The minimum absolute atomic E-state index is 0.221. The Bertz CT molecular complexity index is 1300. The van der Waals surface area contributed by atoms with Gasteiger partial charge in [-0.3, -0.25) is 9.52 Å². The highest BCUT2D eigenvalue weighted by atomic mass is 32.2. The number of ether oxygens (including phenoxy) is 1. The van der Waals surface area contributed by atoms with Gasteiger partial charge in [0.15, 0.2) is 0 Å². The first-order chi connectivity index (χ1) is 15.0. The molecule has 0 spiro atoms. The summed E-state index contributed by atoms with van der Waals surface area (Å²) in [6.07, 6.45) is 6.49. The van der Waals surface area contributed by atoms with Crippen LogP contribution in [0, 0.1) is 0 Å². The van der Waals surface area contributed by atoms with Gasteiger partial charge in [0, 0.05) is 29.1 Å². The zero-order valence-electron chi connectivity index (χ0n) is 18.8. The van der Waals surface area contributed by atoms with Gasteiger partial charge in [-0.1, -0.05) is 45.1 Å². The molecule has 1 N–H and O–H groups in total. The molecule has 0 atom stereocenters. The van der Waals surface area contributed by atoms with Crippen LogP contribution in [0.15, 0.2) is 59.5 Å². The molecule has 0 amide bonds. The molecule has 3 rings (SSSR count). The molecule has 0 radical (unpaired) electrons. The van der Waals surface area contributed by atoms with Gasteiger partial charge in [-0.15, -0.1) is 0 Å². The molecule has 0 aliphatic carbocycles. The third kappa shape index (κ3) is 5.64. The summed E-state index contributed by atoms with van der Waals surface area (Å²) in [5.74, 6) is 0.719. The standard InChI is InChI=1S/C24H27N3O4S/c1-24(2,3)21-16-20(27-22(28)7-6-14-25-27)15-18(23(21)31-4)11-8-17-9-12-19(13-10-17)26-32(5,29)30/h6-16,26H,1-5H3. The summed E-state index contributed by atoms with van der Waals surface area (Å²) in [4.78, 5) is 12.4. The molecule has 7 nitrogen and oxygen atoms in total. The minimum atomic E-state index is -3.33. The number of rotatable bonds is 6. The predicted octanol–water partition coefficient (Wildman–Crippen LogP) is 4.08. The fraction of sp³-hybridized carbons (Fsp3) is 0.250. The van der Waals surface area contributed by atoms with Crippen LogP contribution in [-0.4, -0.2) is 31.6 Å². The van der Waals surface area contributed by atoms with E-state index in [9.17, 15) is 13.2 Å². The molecule has 0 aliphatic rings. The molecule has 0 aliphatic heterocycles. The van der Waals surface area contributed by atoms with E-state index in [2.05, 4.69) is 30.6 Å². The summed E-state index contributed by atoms with van der Waals surface area (Å²) < 4.78 is 32.3. The van der Waals surface area contributed by atoms with Crippen LogP contribution in [0.5, 0.6) is 5.75 Å². The zero-order chi connectivity index (χ0) is 23.5. The molecule has 0 unspecified atom stereocenters. The highest BCUT2D eigenvalue weighted by molar-refractivity contribution is 7.92. The lowest BCUT2D eigenvalue weighted by atomic mass is 9.84. The van der Waals surface area contributed by atoms with E-state index in [-0.39, 0.29) is 11.0 Å².